The Morgan fingerprint density at radius 1 is 1.25 bits per heavy atom. The lowest BCUT2D eigenvalue weighted by Crippen LogP contribution is -2.08. The molecule has 0 atom stereocenters. The average Bonchev–Trinajstić information content (AvgIpc) is 2.42. The molecule has 2 rings (SSSR count). The molecule has 5 heteroatoms. The van der Waals surface area contributed by atoms with Crippen LogP contribution in [-0.2, 0) is 4.74 Å². The summed E-state index contributed by atoms with van der Waals surface area (Å²) < 4.78 is 4.97. The lowest BCUT2D eigenvalue weighted by Gasteiger charge is -2.09. The van der Waals surface area contributed by atoms with Crippen LogP contribution in [0.15, 0.2) is 30.5 Å². The number of carbonyl (C=O) groups excluding carboxylic acids is 1. The third kappa shape index (κ3) is 3.32. The fraction of sp³-hybridized carbons (Fsp3) is 0.267. The molecule has 104 valence electrons. The SMILES string of the molecule is CCOC(=O)c1ccc(Nc2ccc(C)nc2)nc1C. The van der Waals surface area contributed by atoms with Gasteiger partial charge in [0.15, 0.2) is 0 Å². The first-order valence-corrected chi connectivity index (χ1v) is 6.44. The Morgan fingerprint density at radius 3 is 2.65 bits per heavy atom. The second-order valence-electron chi connectivity index (χ2n) is 4.36. The Bertz CT molecular complexity index is 609. The van der Waals surface area contributed by atoms with E-state index in [2.05, 4.69) is 15.3 Å². The van der Waals surface area contributed by atoms with Crippen LogP contribution < -0.4 is 5.32 Å². The van der Waals surface area contributed by atoms with E-state index >= 15 is 0 Å². The van der Waals surface area contributed by atoms with Gasteiger partial charge in [-0.2, -0.15) is 0 Å². The number of rotatable bonds is 4. The second kappa shape index (κ2) is 6.14. The maximum absolute atomic E-state index is 11.7. The fourth-order valence-corrected chi connectivity index (χ4v) is 1.74. The van der Waals surface area contributed by atoms with Crippen molar-refractivity contribution < 1.29 is 9.53 Å². The van der Waals surface area contributed by atoms with Gasteiger partial charge in [-0.25, -0.2) is 9.78 Å². The number of anilines is 2. The number of hydrogen-bond acceptors (Lipinski definition) is 5. The molecule has 0 aliphatic heterocycles. The minimum Gasteiger partial charge on any atom is -0.462 e. The number of pyridine rings is 2. The van der Waals surface area contributed by atoms with Gasteiger partial charge in [-0.15, -0.1) is 0 Å². The predicted molar refractivity (Wildman–Crippen MR) is 77.2 cm³/mol. The third-order valence-corrected chi connectivity index (χ3v) is 2.76. The van der Waals surface area contributed by atoms with Gasteiger partial charge in [-0.1, -0.05) is 0 Å². The first kappa shape index (κ1) is 14.0. The Kier molecular flexibility index (Phi) is 4.30. The standard InChI is InChI=1S/C15H17N3O2/c1-4-20-15(19)13-7-8-14(17-11(13)3)18-12-6-5-10(2)16-9-12/h5-9H,4H2,1-3H3,(H,17,18). The molecule has 0 bridgehead atoms. The van der Waals surface area contributed by atoms with Crippen LogP contribution in [0.25, 0.3) is 0 Å². The van der Waals surface area contributed by atoms with Crippen LogP contribution in [0, 0.1) is 13.8 Å². The monoisotopic (exact) mass is 271 g/mol. The highest BCUT2D eigenvalue weighted by atomic mass is 16.5. The molecule has 2 aromatic heterocycles. The first-order chi connectivity index (χ1) is 9.60. The Morgan fingerprint density at radius 2 is 2.05 bits per heavy atom. The van der Waals surface area contributed by atoms with Gasteiger partial charge >= 0.3 is 5.97 Å². The van der Waals surface area contributed by atoms with Crippen LogP contribution in [-0.4, -0.2) is 22.5 Å². The van der Waals surface area contributed by atoms with E-state index in [9.17, 15) is 4.79 Å². The van der Waals surface area contributed by atoms with Crippen LogP contribution in [0.4, 0.5) is 11.5 Å². The van der Waals surface area contributed by atoms with Crippen LogP contribution in [0.5, 0.6) is 0 Å². The predicted octanol–water partition coefficient (Wildman–Crippen LogP) is 3.01. The number of aromatic nitrogens is 2. The molecule has 20 heavy (non-hydrogen) atoms. The molecular weight excluding hydrogens is 254 g/mol. The summed E-state index contributed by atoms with van der Waals surface area (Å²) in [6.07, 6.45) is 1.74. The molecule has 2 aromatic rings. The molecule has 0 saturated carbocycles. The first-order valence-electron chi connectivity index (χ1n) is 6.44. The quantitative estimate of drug-likeness (QED) is 0.866. The van der Waals surface area contributed by atoms with Crippen molar-refractivity contribution in [2.24, 2.45) is 0 Å². The minimum atomic E-state index is -0.346. The van der Waals surface area contributed by atoms with E-state index < -0.39 is 0 Å². The molecule has 0 spiro atoms. The summed E-state index contributed by atoms with van der Waals surface area (Å²) >= 11 is 0. The number of nitrogens with zero attached hydrogens (tertiary/aromatic N) is 2. The Hall–Kier alpha value is -2.43. The van der Waals surface area contributed by atoms with E-state index in [1.165, 1.54) is 0 Å². The molecule has 0 unspecified atom stereocenters. The minimum absolute atomic E-state index is 0.346. The number of ether oxygens (including phenoxy) is 1. The van der Waals surface area contributed by atoms with Crippen LogP contribution >= 0.6 is 0 Å². The summed E-state index contributed by atoms with van der Waals surface area (Å²) in [6.45, 7) is 5.85. The molecule has 5 nitrogen and oxygen atoms in total. The van der Waals surface area contributed by atoms with Crippen molar-refractivity contribution in [3.63, 3.8) is 0 Å². The molecule has 0 amide bonds. The lowest BCUT2D eigenvalue weighted by molar-refractivity contribution is 0.0525. The lowest BCUT2D eigenvalue weighted by atomic mass is 10.2. The average molecular weight is 271 g/mol. The van der Waals surface area contributed by atoms with Gasteiger partial charge in [-0.05, 0) is 45.0 Å². The van der Waals surface area contributed by atoms with Crippen molar-refractivity contribution in [1.29, 1.82) is 0 Å². The topological polar surface area (TPSA) is 64.1 Å². The summed E-state index contributed by atoms with van der Waals surface area (Å²) in [5, 5.41) is 3.14. The van der Waals surface area contributed by atoms with E-state index in [1.54, 1.807) is 32.2 Å². The molecule has 0 radical (unpaired) electrons. The molecule has 1 N–H and O–H groups in total. The fourth-order valence-electron chi connectivity index (χ4n) is 1.74. The van der Waals surface area contributed by atoms with Crippen LogP contribution in [0.2, 0.25) is 0 Å². The van der Waals surface area contributed by atoms with Crippen LogP contribution in [0.3, 0.4) is 0 Å². The zero-order chi connectivity index (χ0) is 14.5. The molecule has 0 saturated heterocycles. The highest BCUT2D eigenvalue weighted by molar-refractivity contribution is 5.90. The summed E-state index contributed by atoms with van der Waals surface area (Å²) in [7, 11) is 0. The summed E-state index contributed by atoms with van der Waals surface area (Å²) in [5.74, 6) is 0.322. The van der Waals surface area contributed by atoms with Gasteiger partial charge < -0.3 is 10.1 Å². The normalized spacial score (nSPS) is 10.2. The summed E-state index contributed by atoms with van der Waals surface area (Å²) in [5.41, 5.74) is 2.93. The smallest absolute Gasteiger partial charge is 0.339 e. The molecule has 0 aromatic carbocycles. The summed E-state index contributed by atoms with van der Waals surface area (Å²) in [6, 6.07) is 7.31. The maximum Gasteiger partial charge on any atom is 0.339 e. The summed E-state index contributed by atoms with van der Waals surface area (Å²) in [4.78, 5) is 20.2. The number of carbonyl (C=O) groups is 1. The van der Waals surface area contributed by atoms with E-state index in [1.807, 2.05) is 19.1 Å². The zero-order valence-electron chi connectivity index (χ0n) is 11.8. The maximum atomic E-state index is 11.7. The van der Waals surface area contributed by atoms with Crippen LogP contribution in [0.1, 0.15) is 28.7 Å². The van der Waals surface area contributed by atoms with E-state index in [4.69, 9.17) is 4.74 Å². The molecule has 0 fully saturated rings. The van der Waals surface area contributed by atoms with Crippen molar-refractivity contribution in [3.05, 3.63) is 47.4 Å². The number of nitrogens with one attached hydrogen (secondary N) is 1. The molecule has 2 heterocycles. The highest BCUT2D eigenvalue weighted by Crippen LogP contribution is 2.16. The number of hydrogen-bond donors (Lipinski definition) is 1. The van der Waals surface area contributed by atoms with Crippen molar-refractivity contribution in [1.82, 2.24) is 9.97 Å². The van der Waals surface area contributed by atoms with Crippen molar-refractivity contribution in [2.75, 3.05) is 11.9 Å². The number of esters is 1. The van der Waals surface area contributed by atoms with Gasteiger partial charge in [-0.3, -0.25) is 4.98 Å². The van der Waals surface area contributed by atoms with E-state index in [0.29, 0.717) is 23.7 Å². The van der Waals surface area contributed by atoms with Crippen molar-refractivity contribution in [3.8, 4) is 0 Å². The van der Waals surface area contributed by atoms with Crippen molar-refractivity contribution in [2.45, 2.75) is 20.8 Å². The molecule has 0 aliphatic rings. The second-order valence-corrected chi connectivity index (χ2v) is 4.36. The molecular formula is C15H17N3O2. The largest absolute Gasteiger partial charge is 0.462 e. The van der Waals surface area contributed by atoms with E-state index in [-0.39, 0.29) is 5.97 Å². The number of aryl methyl sites for hydroxylation is 2. The Balaban J connectivity index is 2.16. The highest BCUT2D eigenvalue weighted by Gasteiger charge is 2.11. The van der Waals surface area contributed by atoms with Gasteiger partial charge in [0.2, 0.25) is 0 Å². The van der Waals surface area contributed by atoms with Gasteiger partial charge in [0.25, 0.3) is 0 Å². The molecule has 0 aliphatic carbocycles. The van der Waals surface area contributed by atoms with Crippen molar-refractivity contribution >= 4 is 17.5 Å². The zero-order valence-corrected chi connectivity index (χ0v) is 11.8. The third-order valence-electron chi connectivity index (χ3n) is 2.76. The van der Waals surface area contributed by atoms with Gasteiger partial charge in [0, 0.05) is 5.69 Å². The Labute approximate surface area is 118 Å². The van der Waals surface area contributed by atoms with Gasteiger partial charge in [0.05, 0.1) is 29.7 Å². The van der Waals surface area contributed by atoms with Gasteiger partial charge in [0.1, 0.15) is 5.82 Å². The van der Waals surface area contributed by atoms with E-state index in [0.717, 1.165) is 11.4 Å².